The first kappa shape index (κ1) is 24.1. The highest BCUT2D eigenvalue weighted by molar-refractivity contribution is 7.89. The zero-order chi connectivity index (χ0) is 25.4. The Hall–Kier alpha value is -3.63. The highest BCUT2D eigenvalue weighted by Gasteiger charge is 2.34. The summed E-state index contributed by atoms with van der Waals surface area (Å²) < 4.78 is 40.8. The van der Waals surface area contributed by atoms with Crippen molar-refractivity contribution in [2.24, 2.45) is 0 Å². The molecule has 1 fully saturated rings. The second-order valence-electron chi connectivity index (χ2n) is 9.16. The molecule has 188 valence electrons. The van der Waals surface area contributed by atoms with Gasteiger partial charge in [-0.15, -0.1) is 0 Å². The van der Waals surface area contributed by atoms with Gasteiger partial charge in [0.15, 0.2) is 0 Å². The summed E-state index contributed by atoms with van der Waals surface area (Å²) in [5.41, 5.74) is 2.41. The molecule has 3 heterocycles. The average molecular weight is 510 g/mol. The fourth-order valence-electron chi connectivity index (χ4n) is 4.73. The highest BCUT2D eigenvalue weighted by Crippen LogP contribution is 2.37. The second-order valence-corrected chi connectivity index (χ2v) is 11.1. The van der Waals surface area contributed by atoms with Crippen LogP contribution in [-0.2, 0) is 21.4 Å². The number of carbonyl (C=O) groups is 1. The predicted molar refractivity (Wildman–Crippen MR) is 133 cm³/mol. The van der Waals surface area contributed by atoms with Crippen LogP contribution in [0.4, 0.5) is 0 Å². The van der Waals surface area contributed by atoms with Crippen LogP contribution in [-0.4, -0.2) is 52.5 Å². The van der Waals surface area contributed by atoms with E-state index in [-0.39, 0.29) is 23.5 Å². The van der Waals surface area contributed by atoms with Gasteiger partial charge >= 0.3 is 5.97 Å². The molecule has 1 atom stereocenters. The Morgan fingerprint density at radius 3 is 2.67 bits per heavy atom. The van der Waals surface area contributed by atoms with Crippen LogP contribution in [0.15, 0.2) is 70.4 Å². The third-order valence-electron chi connectivity index (χ3n) is 6.32. The van der Waals surface area contributed by atoms with Crippen molar-refractivity contribution in [3.63, 3.8) is 0 Å². The number of fused-ring (bicyclic) bond motifs is 1. The summed E-state index contributed by atoms with van der Waals surface area (Å²) in [5.74, 6) is 0.0528. The van der Waals surface area contributed by atoms with Crippen LogP contribution in [0.1, 0.15) is 31.7 Å². The Balaban J connectivity index is 1.43. The van der Waals surface area contributed by atoms with Crippen LogP contribution >= 0.6 is 0 Å². The number of hydrogen-bond acceptors (Lipinski definition) is 6. The van der Waals surface area contributed by atoms with Crippen LogP contribution in [0.2, 0.25) is 0 Å². The zero-order valence-electron chi connectivity index (χ0n) is 20.0. The van der Waals surface area contributed by atoms with Crippen LogP contribution < -0.4 is 4.74 Å². The van der Waals surface area contributed by atoms with Gasteiger partial charge in [0.1, 0.15) is 18.6 Å². The molecular formula is C26H27N3O6S. The standard InChI is InChI=1S/C26H27N3O6S/c1-17(2)35-20-4-6-21(7-5-20)36(32,33)29-11-9-19(14-29)23-15-28(16-25(30)31)24-13-18(3-8-22(23)24)26-27-10-12-34-26/h3-8,10,12-13,15,17,19H,9,11,14,16H2,1-2H3,(H,30,31). The molecular weight excluding hydrogens is 482 g/mol. The van der Waals surface area contributed by atoms with E-state index in [9.17, 15) is 18.3 Å². The molecule has 0 spiro atoms. The molecule has 10 heteroatoms. The van der Waals surface area contributed by atoms with Gasteiger partial charge in [-0.1, -0.05) is 6.07 Å². The minimum atomic E-state index is -3.67. The summed E-state index contributed by atoms with van der Waals surface area (Å²) in [4.78, 5) is 15.9. The van der Waals surface area contributed by atoms with Crippen LogP contribution in [0.25, 0.3) is 22.4 Å². The first-order chi connectivity index (χ1) is 17.2. The Labute approximate surface area is 209 Å². The van der Waals surface area contributed by atoms with E-state index < -0.39 is 16.0 Å². The number of nitrogens with zero attached hydrogens (tertiary/aromatic N) is 3. The van der Waals surface area contributed by atoms with Crippen molar-refractivity contribution >= 4 is 26.9 Å². The molecule has 1 aliphatic heterocycles. The van der Waals surface area contributed by atoms with E-state index >= 15 is 0 Å². The Morgan fingerprint density at radius 2 is 2.00 bits per heavy atom. The number of carboxylic acid groups (broad SMARTS) is 1. The van der Waals surface area contributed by atoms with E-state index in [2.05, 4.69) is 4.98 Å². The first-order valence-electron chi connectivity index (χ1n) is 11.7. The molecule has 1 N–H and O–H groups in total. The van der Waals surface area contributed by atoms with Gasteiger partial charge in [-0.25, -0.2) is 13.4 Å². The number of hydrogen-bond donors (Lipinski definition) is 1. The SMILES string of the molecule is CC(C)Oc1ccc(S(=O)(=O)N2CCC(c3cn(CC(=O)O)c4cc(-c5ncco5)ccc34)C2)cc1. The zero-order valence-corrected chi connectivity index (χ0v) is 20.8. The quantitative estimate of drug-likeness (QED) is 0.376. The molecule has 2 aromatic carbocycles. The lowest BCUT2D eigenvalue weighted by atomic mass is 9.97. The number of rotatable bonds is 8. The highest BCUT2D eigenvalue weighted by atomic mass is 32.2. The van der Waals surface area contributed by atoms with Crippen LogP contribution in [0.5, 0.6) is 5.75 Å². The topological polar surface area (TPSA) is 115 Å². The van der Waals surface area contributed by atoms with Crippen LogP contribution in [0, 0.1) is 0 Å². The molecule has 4 aromatic rings. The van der Waals surface area contributed by atoms with Crippen molar-refractivity contribution in [2.45, 2.75) is 43.7 Å². The summed E-state index contributed by atoms with van der Waals surface area (Å²) in [6.45, 7) is 4.33. The smallest absolute Gasteiger partial charge is 0.323 e. The largest absolute Gasteiger partial charge is 0.491 e. The molecule has 2 aromatic heterocycles. The summed E-state index contributed by atoms with van der Waals surface area (Å²) in [6, 6.07) is 12.2. The van der Waals surface area contributed by atoms with Gasteiger partial charge < -0.3 is 18.8 Å². The predicted octanol–water partition coefficient (Wildman–Crippen LogP) is 4.35. The molecule has 1 unspecified atom stereocenters. The van der Waals surface area contributed by atoms with E-state index in [4.69, 9.17) is 9.15 Å². The van der Waals surface area contributed by atoms with Crippen molar-refractivity contribution in [3.8, 4) is 17.2 Å². The van der Waals surface area contributed by atoms with Gasteiger partial charge in [-0.05, 0) is 62.2 Å². The maximum Gasteiger partial charge on any atom is 0.323 e. The Kier molecular flexibility index (Phi) is 6.31. The third-order valence-corrected chi connectivity index (χ3v) is 8.20. The van der Waals surface area contributed by atoms with Gasteiger partial charge in [-0.3, -0.25) is 4.79 Å². The lowest BCUT2D eigenvalue weighted by Crippen LogP contribution is -2.28. The van der Waals surface area contributed by atoms with Gasteiger partial charge in [0.2, 0.25) is 15.9 Å². The molecule has 0 radical (unpaired) electrons. The number of carboxylic acids is 1. The number of aromatic nitrogens is 2. The molecule has 5 rings (SSSR count). The number of oxazole rings is 1. The van der Waals surface area contributed by atoms with Gasteiger partial charge in [0.25, 0.3) is 0 Å². The summed E-state index contributed by atoms with van der Waals surface area (Å²) in [7, 11) is -3.67. The Morgan fingerprint density at radius 1 is 1.22 bits per heavy atom. The lowest BCUT2D eigenvalue weighted by Gasteiger charge is -2.17. The molecule has 0 saturated carbocycles. The average Bonchev–Trinajstić information content (AvgIpc) is 3.59. The maximum atomic E-state index is 13.3. The molecule has 9 nitrogen and oxygen atoms in total. The van der Waals surface area contributed by atoms with Crippen molar-refractivity contribution in [1.29, 1.82) is 0 Å². The third kappa shape index (κ3) is 4.61. The molecule has 0 amide bonds. The normalized spacial score (nSPS) is 16.7. The Bertz CT molecular complexity index is 1490. The van der Waals surface area contributed by atoms with E-state index in [1.165, 1.54) is 10.6 Å². The number of ether oxygens (including phenoxy) is 1. The summed E-state index contributed by atoms with van der Waals surface area (Å²) >= 11 is 0. The van der Waals surface area contributed by atoms with Gasteiger partial charge in [-0.2, -0.15) is 4.31 Å². The first-order valence-corrected chi connectivity index (χ1v) is 13.2. The van der Waals surface area contributed by atoms with E-state index in [1.807, 2.05) is 38.2 Å². The summed E-state index contributed by atoms with van der Waals surface area (Å²) in [6.07, 6.45) is 5.51. The van der Waals surface area contributed by atoms with E-state index in [0.717, 1.165) is 22.0 Å². The maximum absolute atomic E-state index is 13.3. The molecule has 0 aliphatic carbocycles. The molecule has 1 aliphatic rings. The van der Waals surface area contributed by atoms with Crippen molar-refractivity contribution in [1.82, 2.24) is 13.9 Å². The van der Waals surface area contributed by atoms with E-state index in [1.54, 1.807) is 35.0 Å². The lowest BCUT2D eigenvalue weighted by molar-refractivity contribution is -0.137. The van der Waals surface area contributed by atoms with Gasteiger partial charge in [0.05, 0.1) is 17.2 Å². The van der Waals surface area contributed by atoms with Crippen molar-refractivity contribution in [3.05, 3.63) is 66.7 Å². The summed E-state index contributed by atoms with van der Waals surface area (Å²) in [5, 5.41) is 10.3. The van der Waals surface area contributed by atoms with Crippen molar-refractivity contribution in [2.75, 3.05) is 13.1 Å². The monoisotopic (exact) mass is 509 g/mol. The number of sulfonamides is 1. The molecule has 36 heavy (non-hydrogen) atoms. The minimum absolute atomic E-state index is 0.00137. The second kappa shape index (κ2) is 9.44. The molecule has 1 saturated heterocycles. The molecule has 0 bridgehead atoms. The fraction of sp³-hybridized carbons (Fsp3) is 0.308. The number of benzene rings is 2. The van der Waals surface area contributed by atoms with Crippen LogP contribution in [0.3, 0.4) is 0 Å². The minimum Gasteiger partial charge on any atom is -0.491 e. The fourth-order valence-corrected chi connectivity index (χ4v) is 6.23. The van der Waals surface area contributed by atoms with Crippen molar-refractivity contribution < 1.29 is 27.5 Å². The van der Waals surface area contributed by atoms with Gasteiger partial charge in [0, 0.05) is 41.7 Å². The van der Waals surface area contributed by atoms with E-state index in [0.29, 0.717) is 31.2 Å². The number of aliphatic carboxylic acids is 1.